The molecule has 25 heavy (non-hydrogen) atoms. The Bertz CT molecular complexity index is 846. The zero-order valence-electron chi connectivity index (χ0n) is 13.8. The number of benzene rings is 1. The number of methoxy groups -OCH3 is 1. The number of hydrogen-bond acceptors (Lipinski definition) is 6. The monoisotopic (exact) mass is 336 g/mol. The summed E-state index contributed by atoms with van der Waals surface area (Å²) in [4.78, 5) is 12.6. The standard InChI is InChI=1S/C18H16N4O3/c1-11-14(12-3-5-13(25-2)6-4-12)17(9-20,10-21)16(8-19)7-18(11,24)22-15(16)23/h3-6,11,14,24H,7H2,1-2H3,(H,22,23)/t11-,14+,16+,18+/m0/s1. The van der Waals surface area contributed by atoms with Gasteiger partial charge >= 0.3 is 0 Å². The van der Waals surface area contributed by atoms with Crippen LogP contribution in [-0.4, -0.2) is 23.8 Å². The van der Waals surface area contributed by atoms with Gasteiger partial charge < -0.3 is 15.2 Å². The van der Waals surface area contributed by atoms with E-state index in [1.165, 1.54) is 7.11 Å². The topological polar surface area (TPSA) is 130 Å². The first-order chi connectivity index (χ1) is 11.8. The summed E-state index contributed by atoms with van der Waals surface area (Å²) in [6.45, 7) is 1.67. The van der Waals surface area contributed by atoms with Crippen LogP contribution in [0.5, 0.6) is 5.75 Å². The molecule has 1 aliphatic heterocycles. The average molecular weight is 336 g/mol. The van der Waals surface area contributed by atoms with E-state index in [0.717, 1.165) is 0 Å². The summed E-state index contributed by atoms with van der Waals surface area (Å²) in [6, 6.07) is 12.5. The Morgan fingerprint density at radius 3 is 2.28 bits per heavy atom. The highest BCUT2D eigenvalue weighted by atomic mass is 16.5. The quantitative estimate of drug-likeness (QED) is 0.834. The lowest BCUT2D eigenvalue weighted by atomic mass is 9.49. The highest BCUT2D eigenvalue weighted by Gasteiger charge is 2.76. The summed E-state index contributed by atoms with van der Waals surface area (Å²) in [5.74, 6) is -1.65. The van der Waals surface area contributed by atoms with Crippen molar-refractivity contribution in [3.63, 3.8) is 0 Å². The molecular formula is C18H16N4O3. The van der Waals surface area contributed by atoms with Gasteiger partial charge in [0, 0.05) is 18.3 Å². The summed E-state index contributed by atoms with van der Waals surface area (Å²) < 4.78 is 5.12. The Kier molecular flexibility index (Phi) is 3.49. The molecule has 2 N–H and O–H groups in total. The van der Waals surface area contributed by atoms with Gasteiger partial charge in [-0.25, -0.2) is 0 Å². The fraction of sp³-hybridized carbons (Fsp3) is 0.444. The third-order valence-electron chi connectivity index (χ3n) is 5.66. The number of ether oxygens (including phenoxy) is 1. The molecule has 0 unspecified atom stereocenters. The zero-order valence-corrected chi connectivity index (χ0v) is 13.8. The second-order valence-electron chi connectivity index (χ2n) is 6.64. The summed E-state index contributed by atoms with van der Waals surface area (Å²) >= 11 is 0. The number of fused-ring (bicyclic) bond motifs is 2. The molecule has 1 heterocycles. The second-order valence-corrected chi connectivity index (χ2v) is 6.64. The molecule has 1 aliphatic carbocycles. The highest BCUT2D eigenvalue weighted by Crippen LogP contribution is 2.64. The normalized spacial score (nSPS) is 35.0. The van der Waals surface area contributed by atoms with Gasteiger partial charge in [0.1, 0.15) is 11.5 Å². The minimum atomic E-state index is -1.93. The van der Waals surface area contributed by atoms with Crippen LogP contribution in [0.4, 0.5) is 0 Å². The molecule has 7 heteroatoms. The number of rotatable bonds is 2. The van der Waals surface area contributed by atoms with Crippen molar-refractivity contribution < 1.29 is 14.6 Å². The maximum atomic E-state index is 12.6. The number of carbonyl (C=O) groups is 1. The molecule has 0 aromatic heterocycles. The molecule has 1 aromatic rings. The molecule has 0 radical (unpaired) electrons. The van der Waals surface area contributed by atoms with E-state index in [0.29, 0.717) is 11.3 Å². The van der Waals surface area contributed by atoms with E-state index in [1.54, 1.807) is 31.2 Å². The Labute approximate surface area is 145 Å². The van der Waals surface area contributed by atoms with E-state index in [1.807, 2.05) is 18.2 Å². The lowest BCUT2D eigenvalue weighted by Gasteiger charge is -2.48. The van der Waals surface area contributed by atoms with Gasteiger partial charge in [0.25, 0.3) is 0 Å². The van der Waals surface area contributed by atoms with E-state index in [-0.39, 0.29) is 6.42 Å². The molecule has 2 bridgehead atoms. The van der Waals surface area contributed by atoms with Gasteiger partial charge in [0.2, 0.25) is 5.91 Å². The zero-order chi connectivity index (χ0) is 18.5. The van der Waals surface area contributed by atoms with Gasteiger partial charge in [-0.2, -0.15) is 15.8 Å². The molecule has 126 valence electrons. The van der Waals surface area contributed by atoms with Gasteiger partial charge in [-0.15, -0.1) is 0 Å². The fourth-order valence-electron chi connectivity index (χ4n) is 4.22. The molecule has 1 aromatic carbocycles. The maximum absolute atomic E-state index is 12.6. The maximum Gasteiger partial charge on any atom is 0.245 e. The smallest absolute Gasteiger partial charge is 0.245 e. The van der Waals surface area contributed by atoms with Crippen LogP contribution in [0.15, 0.2) is 24.3 Å². The lowest BCUT2D eigenvalue weighted by Crippen LogP contribution is -2.56. The van der Waals surface area contributed by atoms with Crippen molar-refractivity contribution in [1.82, 2.24) is 5.32 Å². The van der Waals surface area contributed by atoms with E-state index in [9.17, 15) is 25.7 Å². The third kappa shape index (κ3) is 1.83. The molecule has 1 amide bonds. The van der Waals surface area contributed by atoms with Gasteiger partial charge in [-0.3, -0.25) is 4.79 Å². The van der Waals surface area contributed by atoms with E-state index < -0.39 is 34.3 Å². The van der Waals surface area contributed by atoms with Crippen molar-refractivity contribution in [2.75, 3.05) is 7.11 Å². The Hall–Kier alpha value is -3.08. The number of nitrogens with one attached hydrogen (secondary N) is 1. The van der Waals surface area contributed by atoms with E-state index in [2.05, 4.69) is 5.32 Å². The SMILES string of the molecule is COc1ccc([C@H]2[C@H](C)[C@]3(O)C[C@@](C#N)(C(=O)N3)C2(C#N)C#N)cc1. The van der Waals surface area contributed by atoms with Crippen molar-refractivity contribution in [1.29, 1.82) is 15.8 Å². The van der Waals surface area contributed by atoms with Crippen LogP contribution in [0.25, 0.3) is 0 Å². The van der Waals surface area contributed by atoms with Crippen molar-refractivity contribution in [3.8, 4) is 24.0 Å². The van der Waals surface area contributed by atoms with Crippen molar-refractivity contribution in [2.24, 2.45) is 16.7 Å². The van der Waals surface area contributed by atoms with Crippen molar-refractivity contribution in [2.45, 2.75) is 25.0 Å². The Balaban J connectivity index is 2.28. The first-order valence-electron chi connectivity index (χ1n) is 7.77. The molecule has 3 rings (SSSR count). The molecule has 2 aliphatic rings. The molecule has 2 fully saturated rings. The van der Waals surface area contributed by atoms with Crippen molar-refractivity contribution >= 4 is 5.91 Å². The molecule has 1 saturated heterocycles. The minimum absolute atomic E-state index is 0.287. The summed E-state index contributed by atoms with van der Waals surface area (Å²) in [6.07, 6.45) is -0.287. The predicted molar refractivity (Wildman–Crippen MR) is 84.3 cm³/mol. The summed E-state index contributed by atoms with van der Waals surface area (Å²) in [7, 11) is 1.52. The number of carbonyl (C=O) groups excluding carboxylic acids is 1. The molecule has 7 nitrogen and oxygen atoms in total. The molecule has 1 saturated carbocycles. The van der Waals surface area contributed by atoms with E-state index in [4.69, 9.17) is 4.74 Å². The van der Waals surface area contributed by atoms with Gasteiger partial charge in [0.15, 0.2) is 10.8 Å². The average Bonchev–Trinajstić information content (AvgIpc) is 2.89. The van der Waals surface area contributed by atoms with Gasteiger partial charge in [0.05, 0.1) is 25.3 Å². The van der Waals surface area contributed by atoms with Crippen LogP contribution in [0.3, 0.4) is 0 Å². The first kappa shape index (κ1) is 16.8. The number of amides is 1. The second kappa shape index (κ2) is 5.21. The highest BCUT2D eigenvalue weighted by molar-refractivity contribution is 5.92. The van der Waals surface area contributed by atoms with Crippen LogP contribution in [0.1, 0.15) is 24.8 Å². The van der Waals surface area contributed by atoms with Crippen molar-refractivity contribution in [3.05, 3.63) is 29.8 Å². The van der Waals surface area contributed by atoms with Gasteiger partial charge in [-0.1, -0.05) is 19.1 Å². The fourth-order valence-corrected chi connectivity index (χ4v) is 4.22. The number of aliphatic hydroxyl groups is 1. The lowest BCUT2D eigenvalue weighted by molar-refractivity contribution is -0.128. The van der Waals surface area contributed by atoms with E-state index >= 15 is 0 Å². The molecule has 0 spiro atoms. The molecule has 4 atom stereocenters. The largest absolute Gasteiger partial charge is 0.497 e. The van der Waals surface area contributed by atoms with Gasteiger partial charge in [-0.05, 0) is 17.7 Å². The van der Waals surface area contributed by atoms with Crippen LogP contribution in [0, 0.1) is 50.7 Å². The summed E-state index contributed by atoms with van der Waals surface area (Å²) in [5, 5.41) is 42.9. The van der Waals surface area contributed by atoms with Crippen LogP contribution in [0.2, 0.25) is 0 Å². The number of nitrogens with zero attached hydrogens (tertiary/aromatic N) is 3. The minimum Gasteiger partial charge on any atom is -0.497 e. The van der Waals surface area contributed by atoms with Crippen LogP contribution in [-0.2, 0) is 4.79 Å². The van der Waals surface area contributed by atoms with Crippen LogP contribution >= 0.6 is 0 Å². The Morgan fingerprint density at radius 2 is 1.80 bits per heavy atom. The number of nitriles is 3. The summed E-state index contributed by atoms with van der Waals surface area (Å²) in [5.41, 5.74) is -4.90. The predicted octanol–water partition coefficient (Wildman–Crippen LogP) is 1.18. The molecular weight excluding hydrogens is 320 g/mol. The van der Waals surface area contributed by atoms with Crippen LogP contribution < -0.4 is 10.1 Å². The Morgan fingerprint density at radius 1 is 1.20 bits per heavy atom. The number of hydrogen-bond donors (Lipinski definition) is 2. The third-order valence-corrected chi connectivity index (χ3v) is 5.66. The first-order valence-corrected chi connectivity index (χ1v) is 7.77.